The summed E-state index contributed by atoms with van der Waals surface area (Å²) in [4.78, 5) is 28.7. The Morgan fingerprint density at radius 3 is 2.63 bits per heavy atom. The molecule has 4 rings (SSSR count). The molecule has 0 bridgehead atoms. The van der Waals surface area contributed by atoms with Gasteiger partial charge in [0.25, 0.3) is 0 Å². The number of nitrogens with zero attached hydrogens (tertiary/aromatic N) is 2. The van der Waals surface area contributed by atoms with E-state index in [2.05, 4.69) is 23.2 Å². The van der Waals surface area contributed by atoms with Crippen molar-refractivity contribution in [2.24, 2.45) is 0 Å². The summed E-state index contributed by atoms with van der Waals surface area (Å²) >= 11 is 0. The molecule has 7 heteroatoms. The number of carbonyl (C=O) groups is 2. The van der Waals surface area contributed by atoms with E-state index in [-0.39, 0.29) is 12.2 Å². The van der Waals surface area contributed by atoms with Crippen LogP contribution >= 0.6 is 0 Å². The molecule has 0 radical (unpaired) electrons. The maximum Gasteiger partial charge on any atom is 0.412 e. The van der Waals surface area contributed by atoms with Crippen molar-refractivity contribution in [1.82, 2.24) is 9.80 Å². The average Bonchev–Trinajstić information content (AvgIpc) is 2.77. The third kappa shape index (κ3) is 4.41. The first-order valence-electron chi connectivity index (χ1n) is 11.4. The first kappa shape index (κ1) is 21.0. The summed E-state index contributed by atoms with van der Waals surface area (Å²) in [5.74, 6) is 0. The van der Waals surface area contributed by atoms with Crippen molar-refractivity contribution >= 4 is 17.9 Å². The molecular formula is C23H33N3O4. The van der Waals surface area contributed by atoms with Gasteiger partial charge in [0.1, 0.15) is 5.60 Å². The van der Waals surface area contributed by atoms with Crippen LogP contribution in [0.1, 0.15) is 57.4 Å². The van der Waals surface area contributed by atoms with Crippen LogP contribution in [0.2, 0.25) is 0 Å². The molecule has 3 heterocycles. The number of para-hydroxylation sites is 1. The van der Waals surface area contributed by atoms with Gasteiger partial charge >= 0.3 is 12.2 Å². The second kappa shape index (κ2) is 9.25. The third-order valence-electron chi connectivity index (χ3n) is 6.76. The molecule has 164 valence electrons. The number of carbonyl (C=O) groups excluding carboxylic acids is 2. The highest BCUT2D eigenvalue weighted by atomic mass is 16.6. The molecule has 0 unspecified atom stereocenters. The molecule has 7 nitrogen and oxygen atoms in total. The van der Waals surface area contributed by atoms with Crippen molar-refractivity contribution in [2.75, 3.05) is 38.1 Å². The minimum absolute atomic E-state index is 0.166. The Morgan fingerprint density at radius 1 is 1.17 bits per heavy atom. The fraction of sp³-hybridized carbons (Fsp3) is 0.652. The minimum Gasteiger partial charge on any atom is -0.449 e. The first-order chi connectivity index (χ1) is 14.6. The number of amides is 2. The number of anilines is 1. The van der Waals surface area contributed by atoms with Crippen LogP contribution in [0.3, 0.4) is 0 Å². The fourth-order valence-electron chi connectivity index (χ4n) is 5.00. The average molecular weight is 416 g/mol. The standard InChI is InChI=1S/C23H33N3O4/c1-2-3-6-17-29-22(28)26-13-9-18(10-14-26)25-15-11-23(12-16-25)19-7-4-5-8-20(19)24-21(27)30-23/h4-5,7-8,18H,2-3,6,9-17H2,1H3,(H,24,27). The number of ether oxygens (including phenoxy) is 2. The Kier molecular flexibility index (Phi) is 6.46. The number of benzene rings is 1. The highest BCUT2D eigenvalue weighted by Gasteiger charge is 2.45. The lowest BCUT2D eigenvalue weighted by atomic mass is 9.81. The van der Waals surface area contributed by atoms with Gasteiger partial charge in [0.05, 0.1) is 12.3 Å². The van der Waals surface area contributed by atoms with E-state index in [0.29, 0.717) is 12.6 Å². The number of likely N-dealkylation sites (tertiary alicyclic amines) is 2. The maximum absolute atomic E-state index is 12.2. The number of unbranched alkanes of at least 4 members (excludes halogenated alkanes) is 2. The molecule has 2 saturated heterocycles. The van der Waals surface area contributed by atoms with E-state index in [1.165, 1.54) is 0 Å². The van der Waals surface area contributed by atoms with Crippen LogP contribution in [-0.2, 0) is 15.1 Å². The van der Waals surface area contributed by atoms with Crippen molar-refractivity contribution < 1.29 is 19.1 Å². The van der Waals surface area contributed by atoms with Crippen molar-refractivity contribution in [3.63, 3.8) is 0 Å². The summed E-state index contributed by atoms with van der Waals surface area (Å²) in [7, 11) is 0. The Bertz CT molecular complexity index is 753. The van der Waals surface area contributed by atoms with Crippen LogP contribution in [0.25, 0.3) is 0 Å². The van der Waals surface area contributed by atoms with Gasteiger partial charge in [-0.3, -0.25) is 10.2 Å². The van der Waals surface area contributed by atoms with Gasteiger partial charge in [-0.15, -0.1) is 0 Å². The van der Waals surface area contributed by atoms with Gasteiger partial charge < -0.3 is 14.4 Å². The van der Waals surface area contributed by atoms with Gasteiger partial charge in [0.15, 0.2) is 0 Å². The van der Waals surface area contributed by atoms with Gasteiger partial charge in [0, 0.05) is 50.6 Å². The molecule has 1 N–H and O–H groups in total. The lowest BCUT2D eigenvalue weighted by molar-refractivity contribution is -0.0504. The van der Waals surface area contributed by atoms with Gasteiger partial charge in [-0.25, -0.2) is 9.59 Å². The first-order valence-corrected chi connectivity index (χ1v) is 11.4. The number of piperidine rings is 2. The summed E-state index contributed by atoms with van der Waals surface area (Å²) in [6.07, 6.45) is 6.19. The van der Waals surface area contributed by atoms with Crippen molar-refractivity contribution in [1.29, 1.82) is 0 Å². The largest absolute Gasteiger partial charge is 0.449 e. The van der Waals surface area contributed by atoms with E-state index < -0.39 is 5.60 Å². The van der Waals surface area contributed by atoms with Crippen molar-refractivity contribution in [3.05, 3.63) is 29.8 Å². The Balaban J connectivity index is 1.28. The highest BCUT2D eigenvalue weighted by Crippen LogP contribution is 2.43. The van der Waals surface area contributed by atoms with Crippen molar-refractivity contribution in [3.8, 4) is 0 Å². The second-order valence-corrected chi connectivity index (χ2v) is 8.63. The van der Waals surface area contributed by atoms with Crippen molar-refractivity contribution in [2.45, 2.75) is 63.5 Å². The van der Waals surface area contributed by atoms with E-state index in [4.69, 9.17) is 9.47 Å². The Labute approximate surface area is 178 Å². The SMILES string of the molecule is CCCCCOC(=O)N1CCC(N2CCC3(CC2)OC(=O)Nc2ccccc23)CC1. The molecule has 1 aromatic rings. The van der Waals surface area contributed by atoms with Crippen LogP contribution in [0.4, 0.5) is 15.3 Å². The van der Waals surface area contributed by atoms with Crippen LogP contribution in [0.5, 0.6) is 0 Å². The topological polar surface area (TPSA) is 71.1 Å². The molecule has 0 saturated carbocycles. The molecule has 0 aromatic heterocycles. The predicted molar refractivity (Wildman–Crippen MR) is 114 cm³/mol. The number of fused-ring (bicyclic) bond motifs is 2. The lowest BCUT2D eigenvalue weighted by Gasteiger charge is -2.47. The molecule has 1 aromatic carbocycles. The van der Waals surface area contributed by atoms with Gasteiger partial charge in [-0.05, 0) is 25.3 Å². The number of hydrogen-bond donors (Lipinski definition) is 1. The maximum atomic E-state index is 12.2. The summed E-state index contributed by atoms with van der Waals surface area (Å²) in [5, 5.41) is 2.82. The van der Waals surface area contributed by atoms with E-state index in [9.17, 15) is 9.59 Å². The zero-order valence-electron chi connectivity index (χ0n) is 17.9. The van der Waals surface area contributed by atoms with Crippen LogP contribution in [0, 0.1) is 0 Å². The van der Waals surface area contributed by atoms with E-state index >= 15 is 0 Å². The van der Waals surface area contributed by atoms with Gasteiger partial charge in [-0.2, -0.15) is 0 Å². The minimum atomic E-state index is -0.515. The normalized spacial score (nSPS) is 21.6. The predicted octanol–water partition coefficient (Wildman–Crippen LogP) is 4.33. The summed E-state index contributed by atoms with van der Waals surface area (Å²) in [6, 6.07) is 8.43. The molecule has 3 aliphatic heterocycles. The highest BCUT2D eigenvalue weighted by molar-refractivity contribution is 5.88. The smallest absolute Gasteiger partial charge is 0.412 e. The fourth-order valence-corrected chi connectivity index (χ4v) is 5.00. The molecule has 0 aliphatic carbocycles. The number of hydrogen-bond acceptors (Lipinski definition) is 5. The third-order valence-corrected chi connectivity index (χ3v) is 6.76. The second-order valence-electron chi connectivity index (χ2n) is 8.63. The molecule has 1 spiro atoms. The van der Waals surface area contributed by atoms with Crippen LogP contribution < -0.4 is 5.32 Å². The molecule has 30 heavy (non-hydrogen) atoms. The molecule has 3 aliphatic rings. The van der Waals surface area contributed by atoms with Gasteiger partial charge in [-0.1, -0.05) is 38.0 Å². The quantitative estimate of drug-likeness (QED) is 0.725. The van der Waals surface area contributed by atoms with Crippen LogP contribution in [0.15, 0.2) is 24.3 Å². The lowest BCUT2D eigenvalue weighted by Crippen LogP contribution is -2.53. The number of rotatable bonds is 5. The Hall–Kier alpha value is -2.28. The number of nitrogens with one attached hydrogen (secondary N) is 1. The van der Waals surface area contributed by atoms with Gasteiger partial charge in [0.2, 0.25) is 0 Å². The van der Waals surface area contributed by atoms with Crippen LogP contribution in [-0.4, -0.2) is 60.8 Å². The van der Waals surface area contributed by atoms with E-state index in [1.54, 1.807) is 0 Å². The molecular weight excluding hydrogens is 382 g/mol. The molecule has 2 fully saturated rings. The zero-order chi connectivity index (χ0) is 21.0. The van der Waals surface area contributed by atoms with E-state index in [1.807, 2.05) is 23.1 Å². The molecule has 2 amide bonds. The summed E-state index contributed by atoms with van der Waals surface area (Å²) < 4.78 is 11.2. The zero-order valence-corrected chi connectivity index (χ0v) is 17.9. The Morgan fingerprint density at radius 2 is 1.90 bits per heavy atom. The van der Waals surface area contributed by atoms with E-state index in [0.717, 1.165) is 82.4 Å². The monoisotopic (exact) mass is 415 g/mol. The summed E-state index contributed by atoms with van der Waals surface area (Å²) in [6.45, 7) is 5.96. The molecule has 0 atom stereocenters. The summed E-state index contributed by atoms with van der Waals surface area (Å²) in [5.41, 5.74) is 1.44.